The molecule has 5 nitrogen and oxygen atoms in total. The van der Waals surface area contributed by atoms with Gasteiger partial charge in [0.05, 0.1) is 25.9 Å². The van der Waals surface area contributed by atoms with Gasteiger partial charge in [-0.1, -0.05) is 54.6 Å². The van der Waals surface area contributed by atoms with Crippen LogP contribution in [0.5, 0.6) is 0 Å². The molecular weight excluding hydrogens is 328 g/mol. The van der Waals surface area contributed by atoms with Crippen LogP contribution in [0.2, 0.25) is 0 Å². The molecule has 0 aromatic heterocycles. The normalized spacial score (nSPS) is 19.9. The van der Waals surface area contributed by atoms with E-state index in [1.165, 1.54) is 5.56 Å². The minimum atomic E-state index is -0.283. The predicted molar refractivity (Wildman–Crippen MR) is 100 cm³/mol. The summed E-state index contributed by atoms with van der Waals surface area (Å²) in [5, 5.41) is 6.17. The Hall–Kier alpha value is -2.21. The summed E-state index contributed by atoms with van der Waals surface area (Å²) in [4.78, 5) is 12.3. The minimum Gasteiger partial charge on any atom is -0.375 e. The van der Waals surface area contributed by atoms with Gasteiger partial charge in [-0.15, -0.1) is 0 Å². The zero-order chi connectivity index (χ0) is 18.2. The number of amides is 1. The number of hydrogen-bond donors (Lipinski definition) is 2. The van der Waals surface area contributed by atoms with Gasteiger partial charge in [0, 0.05) is 13.1 Å². The molecule has 1 fully saturated rings. The molecule has 1 amide bonds. The summed E-state index contributed by atoms with van der Waals surface area (Å²) < 4.78 is 11.3. The number of nitrogens with one attached hydrogen (secondary N) is 2. The number of ether oxygens (including phenoxy) is 2. The van der Waals surface area contributed by atoms with Crippen molar-refractivity contribution in [1.29, 1.82) is 0 Å². The monoisotopic (exact) mass is 354 g/mol. The molecule has 2 atom stereocenters. The lowest BCUT2D eigenvalue weighted by Gasteiger charge is -2.29. The van der Waals surface area contributed by atoms with E-state index >= 15 is 0 Å². The van der Waals surface area contributed by atoms with Crippen LogP contribution in [-0.4, -0.2) is 31.2 Å². The summed E-state index contributed by atoms with van der Waals surface area (Å²) in [6.07, 6.45) is -0.104. The van der Waals surface area contributed by atoms with Gasteiger partial charge in [-0.05, 0) is 23.6 Å². The second-order valence-electron chi connectivity index (χ2n) is 6.52. The van der Waals surface area contributed by atoms with E-state index in [0.29, 0.717) is 32.9 Å². The predicted octanol–water partition coefficient (Wildman–Crippen LogP) is 2.40. The van der Waals surface area contributed by atoms with Crippen molar-refractivity contribution in [2.24, 2.45) is 0 Å². The van der Waals surface area contributed by atoms with Crippen molar-refractivity contribution >= 4 is 5.91 Å². The Balaban J connectivity index is 1.42. The van der Waals surface area contributed by atoms with Gasteiger partial charge in [0.2, 0.25) is 5.91 Å². The van der Waals surface area contributed by atoms with Gasteiger partial charge in [0.25, 0.3) is 0 Å². The number of carbonyl (C=O) groups is 1. The van der Waals surface area contributed by atoms with Crippen molar-refractivity contribution in [3.63, 3.8) is 0 Å². The second-order valence-corrected chi connectivity index (χ2v) is 6.52. The van der Waals surface area contributed by atoms with E-state index in [0.717, 1.165) is 11.1 Å². The lowest BCUT2D eigenvalue weighted by Crippen LogP contribution is -2.55. The summed E-state index contributed by atoms with van der Waals surface area (Å²) in [5.74, 6) is -0.0209. The molecule has 26 heavy (non-hydrogen) atoms. The van der Waals surface area contributed by atoms with Crippen LogP contribution in [0.3, 0.4) is 0 Å². The van der Waals surface area contributed by atoms with Crippen molar-refractivity contribution in [2.75, 3.05) is 13.2 Å². The first-order chi connectivity index (χ1) is 12.7. The Morgan fingerprint density at radius 1 is 1.08 bits per heavy atom. The highest BCUT2D eigenvalue weighted by Crippen LogP contribution is 2.09. The molecule has 138 valence electrons. The van der Waals surface area contributed by atoms with Crippen molar-refractivity contribution in [3.8, 4) is 0 Å². The highest BCUT2D eigenvalue weighted by Gasteiger charge is 2.27. The van der Waals surface area contributed by atoms with E-state index in [-0.39, 0.29) is 18.1 Å². The molecule has 2 N–H and O–H groups in total. The van der Waals surface area contributed by atoms with Crippen LogP contribution in [0, 0.1) is 0 Å². The summed E-state index contributed by atoms with van der Waals surface area (Å²) >= 11 is 0. The molecule has 1 heterocycles. The fourth-order valence-electron chi connectivity index (χ4n) is 2.94. The fraction of sp³-hybridized carbons (Fsp3) is 0.381. The van der Waals surface area contributed by atoms with E-state index in [4.69, 9.17) is 9.47 Å². The lowest BCUT2D eigenvalue weighted by atomic mass is 10.1. The first-order valence-electron chi connectivity index (χ1n) is 9.04. The van der Waals surface area contributed by atoms with Gasteiger partial charge in [-0.2, -0.15) is 0 Å². The maximum Gasteiger partial charge on any atom is 0.240 e. The van der Waals surface area contributed by atoms with Gasteiger partial charge < -0.3 is 20.1 Å². The number of rotatable bonds is 7. The van der Waals surface area contributed by atoms with E-state index < -0.39 is 0 Å². The number of hydrogen-bond acceptors (Lipinski definition) is 4. The van der Waals surface area contributed by atoms with Crippen LogP contribution in [0.4, 0.5) is 0 Å². The minimum absolute atomic E-state index is 0.0209. The Labute approximate surface area is 154 Å². The Morgan fingerprint density at radius 3 is 2.42 bits per heavy atom. The third kappa shape index (κ3) is 5.39. The average Bonchev–Trinajstić information content (AvgIpc) is 2.68. The molecule has 2 aromatic rings. The second kappa shape index (κ2) is 9.48. The molecule has 0 saturated carbocycles. The SMILES string of the molecule is C[C@H]1OCCN[C@@H]1C(=O)NCc1ccc(COCc2ccccc2)cc1. The molecular formula is C21H26N2O3. The summed E-state index contributed by atoms with van der Waals surface area (Å²) in [6, 6.07) is 18.0. The summed E-state index contributed by atoms with van der Waals surface area (Å²) in [6.45, 7) is 4.96. The maximum atomic E-state index is 12.3. The van der Waals surface area contributed by atoms with Gasteiger partial charge >= 0.3 is 0 Å². The van der Waals surface area contributed by atoms with Crippen molar-refractivity contribution in [1.82, 2.24) is 10.6 Å². The summed E-state index contributed by atoms with van der Waals surface area (Å²) in [7, 11) is 0. The third-order valence-corrected chi connectivity index (χ3v) is 4.47. The molecule has 1 aliphatic heterocycles. The van der Waals surface area contributed by atoms with Gasteiger partial charge in [-0.3, -0.25) is 4.79 Å². The van der Waals surface area contributed by atoms with E-state index in [1.54, 1.807) is 0 Å². The van der Waals surface area contributed by atoms with Crippen LogP contribution >= 0.6 is 0 Å². The Morgan fingerprint density at radius 2 is 1.73 bits per heavy atom. The molecule has 1 saturated heterocycles. The summed E-state index contributed by atoms with van der Waals surface area (Å²) in [5.41, 5.74) is 3.35. The largest absolute Gasteiger partial charge is 0.375 e. The van der Waals surface area contributed by atoms with Gasteiger partial charge in [0.15, 0.2) is 0 Å². The third-order valence-electron chi connectivity index (χ3n) is 4.47. The van der Waals surface area contributed by atoms with E-state index in [9.17, 15) is 4.79 Å². The molecule has 0 radical (unpaired) electrons. The van der Waals surface area contributed by atoms with Crippen molar-refractivity contribution < 1.29 is 14.3 Å². The van der Waals surface area contributed by atoms with Gasteiger partial charge in [0.1, 0.15) is 6.04 Å². The van der Waals surface area contributed by atoms with Crippen LogP contribution in [0.25, 0.3) is 0 Å². The van der Waals surface area contributed by atoms with Crippen molar-refractivity contribution in [2.45, 2.75) is 38.8 Å². The zero-order valence-electron chi connectivity index (χ0n) is 15.1. The first-order valence-corrected chi connectivity index (χ1v) is 9.04. The first kappa shape index (κ1) is 18.6. The van der Waals surface area contributed by atoms with E-state index in [1.807, 2.05) is 49.4 Å². The number of benzene rings is 2. The molecule has 0 unspecified atom stereocenters. The molecule has 0 spiro atoms. The molecule has 3 rings (SSSR count). The van der Waals surface area contributed by atoms with Crippen LogP contribution in [0.1, 0.15) is 23.6 Å². The fourth-order valence-corrected chi connectivity index (χ4v) is 2.94. The molecule has 1 aliphatic rings. The Bertz CT molecular complexity index is 688. The number of morpholine rings is 1. The molecule has 0 aliphatic carbocycles. The highest BCUT2D eigenvalue weighted by molar-refractivity contribution is 5.82. The standard InChI is InChI=1S/C21H26N2O3/c1-16-20(22-11-12-26-16)21(24)23-13-17-7-9-19(10-8-17)15-25-14-18-5-3-2-4-6-18/h2-10,16,20,22H,11-15H2,1H3,(H,23,24)/t16-,20+/m1/s1. The average molecular weight is 354 g/mol. The topological polar surface area (TPSA) is 59.6 Å². The van der Waals surface area contributed by atoms with Gasteiger partial charge in [-0.25, -0.2) is 0 Å². The Kier molecular flexibility index (Phi) is 6.77. The number of carbonyl (C=O) groups excluding carboxylic acids is 1. The van der Waals surface area contributed by atoms with E-state index in [2.05, 4.69) is 22.8 Å². The van der Waals surface area contributed by atoms with Crippen LogP contribution < -0.4 is 10.6 Å². The van der Waals surface area contributed by atoms with Crippen LogP contribution in [0.15, 0.2) is 54.6 Å². The van der Waals surface area contributed by atoms with Crippen molar-refractivity contribution in [3.05, 3.63) is 71.3 Å². The maximum absolute atomic E-state index is 12.3. The molecule has 0 bridgehead atoms. The highest BCUT2D eigenvalue weighted by atomic mass is 16.5. The lowest BCUT2D eigenvalue weighted by molar-refractivity contribution is -0.129. The zero-order valence-corrected chi connectivity index (χ0v) is 15.1. The van der Waals surface area contributed by atoms with Crippen LogP contribution in [-0.2, 0) is 34.0 Å². The molecule has 2 aromatic carbocycles. The smallest absolute Gasteiger partial charge is 0.240 e. The molecule has 5 heteroatoms. The quantitative estimate of drug-likeness (QED) is 0.802.